The quantitative estimate of drug-likeness (QED) is 0.342. The van der Waals surface area contributed by atoms with E-state index in [9.17, 15) is 19.5 Å². The van der Waals surface area contributed by atoms with Crippen molar-refractivity contribution in [3.05, 3.63) is 12.2 Å². The number of unbranched alkanes of at least 4 members (excludes halogenated alkanes) is 2. The van der Waals surface area contributed by atoms with E-state index in [-0.39, 0.29) is 42.1 Å². The molecule has 0 spiro atoms. The molecule has 2 aliphatic rings. The highest BCUT2D eigenvalue weighted by atomic mass is 16.3. The molecule has 3 amide bonds. The van der Waals surface area contributed by atoms with Gasteiger partial charge in [0.05, 0.1) is 24.5 Å². The van der Waals surface area contributed by atoms with Crippen LogP contribution >= 0.6 is 0 Å². The number of rotatable bonds is 11. The van der Waals surface area contributed by atoms with Crippen LogP contribution < -0.4 is 10.6 Å². The Labute approximate surface area is 187 Å². The highest BCUT2D eigenvalue weighted by Crippen LogP contribution is 2.46. The van der Waals surface area contributed by atoms with Gasteiger partial charge in [-0.1, -0.05) is 59.1 Å². The van der Waals surface area contributed by atoms with E-state index in [0.29, 0.717) is 6.54 Å². The zero-order valence-corrected chi connectivity index (χ0v) is 19.8. The van der Waals surface area contributed by atoms with Crippen LogP contribution in [0.3, 0.4) is 0 Å². The van der Waals surface area contributed by atoms with E-state index in [0.717, 1.165) is 32.1 Å². The number of nitrogens with zero attached hydrogens (tertiary/aromatic N) is 1. The Hall–Kier alpha value is -1.89. The van der Waals surface area contributed by atoms with E-state index < -0.39 is 23.9 Å². The Morgan fingerprint density at radius 3 is 2.42 bits per heavy atom. The third-order valence-electron chi connectivity index (χ3n) is 7.26. The largest absolute Gasteiger partial charge is 0.394 e. The van der Waals surface area contributed by atoms with Gasteiger partial charge in [0.1, 0.15) is 6.04 Å². The van der Waals surface area contributed by atoms with Crippen LogP contribution in [0.5, 0.6) is 0 Å². The standard InChI is InChI=1S/C24H41N3O4/c1-6-9-10-13-26-23(30)21-17-12-11-16(8-3)19(22(29)25-5)20(17)24(31)27(21)18(14-28)15(4)7-2/h11-12,15-21,28H,6-10,13-14H2,1-5H3,(H,25,29)(H,26,30)/t15-,16+,17-,18-,19+,20+,21-/m0/s1. The summed E-state index contributed by atoms with van der Waals surface area (Å²) >= 11 is 0. The molecule has 0 unspecified atom stereocenters. The van der Waals surface area contributed by atoms with Crippen molar-refractivity contribution in [3.8, 4) is 0 Å². The lowest BCUT2D eigenvalue weighted by molar-refractivity contribution is -0.144. The molecule has 1 aliphatic heterocycles. The molecule has 7 atom stereocenters. The highest BCUT2D eigenvalue weighted by Gasteiger charge is 2.58. The average molecular weight is 436 g/mol. The van der Waals surface area contributed by atoms with Gasteiger partial charge in [-0.25, -0.2) is 0 Å². The zero-order valence-electron chi connectivity index (χ0n) is 19.8. The summed E-state index contributed by atoms with van der Waals surface area (Å²) in [6, 6.07) is -1.15. The van der Waals surface area contributed by atoms with Crippen LogP contribution in [0.25, 0.3) is 0 Å². The fourth-order valence-electron chi connectivity index (χ4n) is 5.22. The molecule has 3 N–H and O–H groups in total. The lowest BCUT2D eigenvalue weighted by Gasteiger charge is -2.36. The van der Waals surface area contributed by atoms with E-state index >= 15 is 0 Å². The first-order valence-electron chi connectivity index (χ1n) is 12.0. The van der Waals surface area contributed by atoms with Gasteiger partial charge in [0, 0.05) is 19.5 Å². The van der Waals surface area contributed by atoms with Crippen molar-refractivity contribution in [1.82, 2.24) is 15.5 Å². The molecule has 176 valence electrons. The summed E-state index contributed by atoms with van der Waals surface area (Å²) in [4.78, 5) is 41.5. The predicted octanol–water partition coefficient (Wildman–Crippen LogP) is 2.10. The number of carbonyl (C=O) groups excluding carboxylic acids is 3. The first kappa shape index (κ1) is 25.4. The summed E-state index contributed by atoms with van der Waals surface area (Å²) < 4.78 is 0. The minimum atomic E-state index is -0.702. The van der Waals surface area contributed by atoms with E-state index in [1.54, 1.807) is 11.9 Å². The number of fused-ring (bicyclic) bond motifs is 1. The molecule has 1 heterocycles. The van der Waals surface area contributed by atoms with Crippen LogP contribution in [0.2, 0.25) is 0 Å². The third-order valence-corrected chi connectivity index (χ3v) is 7.26. The van der Waals surface area contributed by atoms with E-state index in [1.807, 2.05) is 32.9 Å². The summed E-state index contributed by atoms with van der Waals surface area (Å²) in [7, 11) is 1.59. The number of amides is 3. The Morgan fingerprint density at radius 1 is 1.16 bits per heavy atom. The lowest BCUT2D eigenvalue weighted by Crippen LogP contribution is -2.54. The van der Waals surface area contributed by atoms with Crippen molar-refractivity contribution < 1.29 is 19.5 Å². The van der Waals surface area contributed by atoms with Gasteiger partial charge in [0.15, 0.2) is 0 Å². The fourth-order valence-corrected chi connectivity index (χ4v) is 5.22. The number of aliphatic hydroxyl groups is 1. The maximum atomic E-state index is 13.8. The smallest absolute Gasteiger partial charge is 0.243 e. The van der Waals surface area contributed by atoms with Gasteiger partial charge in [-0.15, -0.1) is 0 Å². The number of nitrogens with one attached hydrogen (secondary N) is 2. The number of carbonyl (C=O) groups is 3. The fraction of sp³-hybridized carbons (Fsp3) is 0.792. The van der Waals surface area contributed by atoms with Gasteiger partial charge in [0.2, 0.25) is 17.7 Å². The van der Waals surface area contributed by atoms with E-state index in [2.05, 4.69) is 17.6 Å². The van der Waals surface area contributed by atoms with Crippen molar-refractivity contribution in [2.24, 2.45) is 29.6 Å². The topological polar surface area (TPSA) is 98.7 Å². The van der Waals surface area contributed by atoms with Crippen molar-refractivity contribution >= 4 is 17.7 Å². The van der Waals surface area contributed by atoms with Gasteiger partial charge in [-0.05, 0) is 24.7 Å². The summed E-state index contributed by atoms with van der Waals surface area (Å²) in [5.74, 6) is -2.00. The van der Waals surface area contributed by atoms with Gasteiger partial charge in [0.25, 0.3) is 0 Å². The Kier molecular flexibility index (Phi) is 9.54. The number of hydrogen-bond acceptors (Lipinski definition) is 4. The molecule has 7 heteroatoms. The second-order valence-electron chi connectivity index (χ2n) is 9.02. The van der Waals surface area contributed by atoms with Crippen molar-refractivity contribution in [1.29, 1.82) is 0 Å². The molecule has 7 nitrogen and oxygen atoms in total. The van der Waals surface area contributed by atoms with Gasteiger partial charge < -0.3 is 20.6 Å². The number of likely N-dealkylation sites (tertiary alicyclic amines) is 1. The first-order valence-corrected chi connectivity index (χ1v) is 12.0. The summed E-state index contributed by atoms with van der Waals surface area (Å²) in [6.45, 7) is 8.49. The third kappa shape index (κ3) is 5.13. The molecule has 0 saturated carbocycles. The SMILES string of the molecule is CCCCCNC(=O)[C@@H]1[C@H]2C=C[C@@H](CC)[C@@H](C(=O)NC)[C@@H]2C(=O)N1[C@@H](CO)[C@@H](C)CC. The molecule has 1 fully saturated rings. The summed E-state index contributed by atoms with van der Waals surface area (Å²) in [5.41, 5.74) is 0. The lowest BCUT2D eigenvalue weighted by atomic mass is 9.69. The molecule has 0 aromatic rings. The van der Waals surface area contributed by atoms with Crippen LogP contribution in [-0.2, 0) is 14.4 Å². The zero-order chi connectivity index (χ0) is 23.1. The van der Waals surface area contributed by atoms with Crippen LogP contribution in [0.1, 0.15) is 59.8 Å². The molecular weight excluding hydrogens is 394 g/mol. The predicted molar refractivity (Wildman–Crippen MR) is 121 cm³/mol. The molecule has 0 aromatic carbocycles. The summed E-state index contributed by atoms with van der Waals surface area (Å²) in [6.07, 6.45) is 8.48. The van der Waals surface area contributed by atoms with Gasteiger partial charge >= 0.3 is 0 Å². The van der Waals surface area contributed by atoms with Crippen LogP contribution in [0.4, 0.5) is 0 Å². The minimum absolute atomic E-state index is 0.0360. The second-order valence-corrected chi connectivity index (χ2v) is 9.02. The number of allylic oxidation sites excluding steroid dienone is 1. The highest BCUT2D eigenvalue weighted by molar-refractivity contribution is 5.97. The van der Waals surface area contributed by atoms with E-state index in [4.69, 9.17) is 0 Å². The van der Waals surface area contributed by atoms with Gasteiger partial charge in [-0.2, -0.15) is 0 Å². The first-order chi connectivity index (χ1) is 14.9. The Morgan fingerprint density at radius 2 is 1.87 bits per heavy atom. The molecule has 31 heavy (non-hydrogen) atoms. The maximum absolute atomic E-state index is 13.8. The Bertz CT molecular complexity index is 665. The number of hydrogen-bond donors (Lipinski definition) is 3. The average Bonchev–Trinajstić information content (AvgIpc) is 3.08. The van der Waals surface area contributed by atoms with Crippen LogP contribution in [-0.4, -0.2) is 60.0 Å². The van der Waals surface area contributed by atoms with Crippen molar-refractivity contribution in [2.45, 2.75) is 71.9 Å². The molecule has 0 bridgehead atoms. The maximum Gasteiger partial charge on any atom is 0.243 e. The molecule has 1 aliphatic carbocycles. The second kappa shape index (κ2) is 11.7. The Balaban J connectivity index is 2.45. The molecular formula is C24H41N3O4. The molecule has 1 saturated heterocycles. The molecule has 0 aromatic heterocycles. The van der Waals surface area contributed by atoms with Crippen molar-refractivity contribution in [2.75, 3.05) is 20.2 Å². The van der Waals surface area contributed by atoms with E-state index in [1.165, 1.54) is 0 Å². The minimum Gasteiger partial charge on any atom is -0.394 e. The number of aliphatic hydroxyl groups excluding tert-OH is 1. The van der Waals surface area contributed by atoms with Crippen LogP contribution in [0, 0.1) is 29.6 Å². The summed E-state index contributed by atoms with van der Waals surface area (Å²) in [5, 5.41) is 15.9. The van der Waals surface area contributed by atoms with Crippen molar-refractivity contribution in [3.63, 3.8) is 0 Å². The normalized spacial score (nSPS) is 29.4. The molecule has 2 rings (SSSR count). The van der Waals surface area contributed by atoms with Gasteiger partial charge in [-0.3, -0.25) is 14.4 Å². The van der Waals surface area contributed by atoms with Crippen LogP contribution in [0.15, 0.2) is 12.2 Å². The molecule has 0 radical (unpaired) electrons. The monoisotopic (exact) mass is 435 g/mol.